The van der Waals surface area contributed by atoms with Crippen molar-refractivity contribution >= 4 is 5.82 Å². The number of anilines is 1. The third kappa shape index (κ3) is 4.06. The van der Waals surface area contributed by atoms with E-state index in [9.17, 15) is 0 Å². The number of rotatable bonds is 5. The van der Waals surface area contributed by atoms with E-state index in [2.05, 4.69) is 20.2 Å². The summed E-state index contributed by atoms with van der Waals surface area (Å²) in [6.45, 7) is 7.20. The first-order valence-electron chi connectivity index (χ1n) is 7.07. The number of nitrogens with one attached hydrogen (secondary N) is 1. The van der Waals surface area contributed by atoms with Crippen molar-refractivity contribution in [3.8, 4) is 5.88 Å². The van der Waals surface area contributed by atoms with Crippen molar-refractivity contribution in [2.75, 3.05) is 31.6 Å². The molecule has 1 aromatic heterocycles. The molecule has 0 amide bonds. The normalized spacial score (nSPS) is 19.8. The van der Waals surface area contributed by atoms with Crippen LogP contribution < -0.4 is 15.0 Å². The highest BCUT2D eigenvalue weighted by Gasteiger charge is 2.20. The number of hydrogen-bond acceptors (Lipinski definition) is 5. The highest BCUT2D eigenvalue weighted by molar-refractivity contribution is 5.41. The van der Waals surface area contributed by atoms with Gasteiger partial charge in [0.25, 0.3) is 0 Å². The Hall–Kier alpha value is -1.36. The van der Waals surface area contributed by atoms with Crippen LogP contribution in [0.5, 0.6) is 5.88 Å². The van der Waals surface area contributed by atoms with Gasteiger partial charge in [-0.2, -0.15) is 0 Å². The number of ether oxygens (including phenoxy) is 1. The number of nitrogens with zero attached hydrogens (tertiary/aromatic N) is 3. The van der Waals surface area contributed by atoms with Gasteiger partial charge in [-0.05, 0) is 46.2 Å². The first-order chi connectivity index (χ1) is 9.19. The third-order valence-corrected chi connectivity index (χ3v) is 3.32. The minimum absolute atomic E-state index is 0.140. The van der Waals surface area contributed by atoms with Crippen LogP contribution in [0.3, 0.4) is 0 Å². The van der Waals surface area contributed by atoms with Gasteiger partial charge < -0.3 is 15.0 Å². The molecule has 0 radical (unpaired) electrons. The average Bonchev–Trinajstić information content (AvgIpc) is 2.39. The maximum atomic E-state index is 5.63. The van der Waals surface area contributed by atoms with E-state index in [1.165, 1.54) is 12.8 Å². The third-order valence-electron chi connectivity index (χ3n) is 3.32. The summed E-state index contributed by atoms with van der Waals surface area (Å²) >= 11 is 0. The Balaban J connectivity index is 2.04. The second-order valence-corrected chi connectivity index (χ2v) is 5.39. The van der Waals surface area contributed by atoms with Crippen LogP contribution in [0.4, 0.5) is 5.82 Å². The maximum absolute atomic E-state index is 5.63. The van der Waals surface area contributed by atoms with Crippen molar-refractivity contribution < 1.29 is 4.74 Å². The molecule has 1 saturated heterocycles. The van der Waals surface area contributed by atoms with E-state index >= 15 is 0 Å². The van der Waals surface area contributed by atoms with E-state index < -0.39 is 0 Å². The molecule has 2 heterocycles. The fraction of sp³-hybridized carbons (Fsp3) is 0.714. The van der Waals surface area contributed by atoms with Gasteiger partial charge in [-0.25, -0.2) is 9.97 Å². The van der Waals surface area contributed by atoms with Crippen LogP contribution >= 0.6 is 0 Å². The highest BCUT2D eigenvalue weighted by atomic mass is 16.5. The number of piperidine rings is 1. The van der Waals surface area contributed by atoms with E-state index in [1.54, 1.807) is 6.33 Å². The minimum Gasteiger partial charge on any atom is -0.475 e. The van der Waals surface area contributed by atoms with Gasteiger partial charge >= 0.3 is 0 Å². The van der Waals surface area contributed by atoms with Gasteiger partial charge in [-0.1, -0.05) is 0 Å². The summed E-state index contributed by atoms with van der Waals surface area (Å²) in [5.74, 6) is 2.34. The van der Waals surface area contributed by atoms with Crippen molar-refractivity contribution in [2.24, 2.45) is 5.92 Å². The van der Waals surface area contributed by atoms with Crippen LogP contribution in [0.15, 0.2) is 12.4 Å². The van der Waals surface area contributed by atoms with Gasteiger partial charge in [0, 0.05) is 19.2 Å². The quantitative estimate of drug-likeness (QED) is 0.877. The van der Waals surface area contributed by atoms with Gasteiger partial charge in [0.2, 0.25) is 5.88 Å². The Morgan fingerprint density at radius 1 is 1.47 bits per heavy atom. The van der Waals surface area contributed by atoms with Crippen LogP contribution in [0.2, 0.25) is 0 Å². The lowest BCUT2D eigenvalue weighted by Crippen LogP contribution is -2.39. The topological polar surface area (TPSA) is 50.3 Å². The van der Waals surface area contributed by atoms with Crippen LogP contribution in [0.1, 0.15) is 26.7 Å². The lowest BCUT2D eigenvalue weighted by Gasteiger charge is -2.33. The molecular formula is C14H24N4O. The molecule has 0 spiro atoms. The minimum atomic E-state index is 0.140. The molecule has 5 nitrogen and oxygen atoms in total. The number of aromatic nitrogens is 2. The zero-order valence-corrected chi connectivity index (χ0v) is 12.1. The monoisotopic (exact) mass is 264 g/mol. The van der Waals surface area contributed by atoms with Crippen molar-refractivity contribution in [1.82, 2.24) is 15.3 Å². The summed E-state index contributed by atoms with van der Waals surface area (Å²) in [7, 11) is 2.01. The van der Waals surface area contributed by atoms with Crippen LogP contribution in [0, 0.1) is 5.92 Å². The fourth-order valence-corrected chi connectivity index (χ4v) is 2.54. The Morgan fingerprint density at radius 3 is 3.05 bits per heavy atom. The van der Waals surface area contributed by atoms with E-state index in [4.69, 9.17) is 4.74 Å². The van der Waals surface area contributed by atoms with Gasteiger partial charge in [-0.3, -0.25) is 0 Å². The summed E-state index contributed by atoms with van der Waals surface area (Å²) in [6, 6.07) is 1.95. The van der Waals surface area contributed by atoms with Crippen LogP contribution in [-0.2, 0) is 0 Å². The molecule has 1 aliphatic heterocycles. The zero-order valence-electron chi connectivity index (χ0n) is 12.1. The van der Waals surface area contributed by atoms with Gasteiger partial charge in [0.1, 0.15) is 12.1 Å². The molecule has 2 rings (SSSR count). The van der Waals surface area contributed by atoms with E-state index in [0.717, 1.165) is 25.5 Å². The van der Waals surface area contributed by atoms with Gasteiger partial charge in [0.05, 0.1) is 6.10 Å². The Morgan fingerprint density at radius 2 is 2.32 bits per heavy atom. The molecule has 1 aromatic rings. The zero-order chi connectivity index (χ0) is 13.7. The Bertz CT molecular complexity index is 395. The molecule has 1 unspecified atom stereocenters. The molecule has 106 valence electrons. The molecule has 1 atom stereocenters. The molecule has 19 heavy (non-hydrogen) atoms. The predicted octanol–water partition coefficient (Wildman–Crippen LogP) is 1.70. The highest BCUT2D eigenvalue weighted by Crippen LogP contribution is 2.23. The maximum Gasteiger partial charge on any atom is 0.218 e. The first kappa shape index (κ1) is 14.1. The predicted molar refractivity (Wildman–Crippen MR) is 76.7 cm³/mol. The molecule has 0 bridgehead atoms. The van der Waals surface area contributed by atoms with E-state index in [1.807, 2.05) is 27.0 Å². The second kappa shape index (κ2) is 6.70. The van der Waals surface area contributed by atoms with Crippen molar-refractivity contribution in [3.63, 3.8) is 0 Å². The van der Waals surface area contributed by atoms with Crippen LogP contribution in [0.25, 0.3) is 0 Å². The standard InChI is InChI=1S/C14H24N4O/c1-11(2)19-14-7-13(16-10-17-14)18-6-4-5-12(9-18)8-15-3/h7,10-12,15H,4-6,8-9H2,1-3H3. The molecule has 1 fully saturated rings. The summed E-state index contributed by atoms with van der Waals surface area (Å²) < 4.78 is 5.63. The summed E-state index contributed by atoms with van der Waals surface area (Å²) in [5.41, 5.74) is 0. The van der Waals surface area contributed by atoms with E-state index in [0.29, 0.717) is 11.8 Å². The van der Waals surface area contributed by atoms with Crippen molar-refractivity contribution in [2.45, 2.75) is 32.8 Å². The first-order valence-corrected chi connectivity index (χ1v) is 7.07. The molecule has 0 saturated carbocycles. The SMILES string of the molecule is CNCC1CCCN(c2cc(OC(C)C)ncn2)C1. The summed E-state index contributed by atoms with van der Waals surface area (Å²) in [6.07, 6.45) is 4.24. The molecule has 1 N–H and O–H groups in total. The van der Waals surface area contributed by atoms with Gasteiger partial charge in [0.15, 0.2) is 0 Å². The summed E-state index contributed by atoms with van der Waals surface area (Å²) in [4.78, 5) is 10.9. The molecule has 1 aliphatic rings. The smallest absolute Gasteiger partial charge is 0.218 e. The molecule has 5 heteroatoms. The second-order valence-electron chi connectivity index (χ2n) is 5.39. The molecular weight excluding hydrogens is 240 g/mol. The van der Waals surface area contributed by atoms with Crippen molar-refractivity contribution in [3.05, 3.63) is 12.4 Å². The number of hydrogen-bond donors (Lipinski definition) is 1. The molecule has 0 aromatic carbocycles. The Kier molecular flexibility index (Phi) is 4.96. The average molecular weight is 264 g/mol. The lowest BCUT2D eigenvalue weighted by atomic mass is 9.98. The lowest BCUT2D eigenvalue weighted by molar-refractivity contribution is 0.232. The van der Waals surface area contributed by atoms with Crippen LogP contribution in [-0.4, -0.2) is 42.8 Å². The molecule has 0 aliphatic carbocycles. The van der Waals surface area contributed by atoms with E-state index in [-0.39, 0.29) is 6.10 Å². The summed E-state index contributed by atoms with van der Waals surface area (Å²) in [5, 5.41) is 3.26. The van der Waals surface area contributed by atoms with Gasteiger partial charge in [-0.15, -0.1) is 0 Å². The largest absolute Gasteiger partial charge is 0.475 e. The van der Waals surface area contributed by atoms with Crippen molar-refractivity contribution in [1.29, 1.82) is 0 Å². The Labute approximate surface area is 115 Å². The fourth-order valence-electron chi connectivity index (χ4n) is 2.54.